The molecular formula is C13H23INO3. The van der Waals surface area contributed by atoms with Crippen molar-refractivity contribution in [1.29, 1.82) is 0 Å². The van der Waals surface area contributed by atoms with Gasteiger partial charge in [-0.2, -0.15) is 0 Å². The van der Waals surface area contributed by atoms with Gasteiger partial charge in [-0.1, -0.05) is 29.5 Å². The predicted molar refractivity (Wildman–Crippen MR) is 77.8 cm³/mol. The average Bonchev–Trinajstić information content (AvgIpc) is 2.41. The van der Waals surface area contributed by atoms with Crippen molar-refractivity contribution in [2.45, 2.75) is 64.6 Å². The van der Waals surface area contributed by atoms with Crippen LogP contribution in [0.3, 0.4) is 0 Å². The standard InChI is InChI=1S/C13H23INO3/c1-6-9(8-14)11(16)18-10-7-12(2,3)15(17)13(10,4)5/h9-10H,6-8H2,1-5H3. The maximum atomic E-state index is 12.2. The first-order chi connectivity index (χ1) is 8.16. The maximum absolute atomic E-state index is 12.2. The van der Waals surface area contributed by atoms with Crippen LogP contribution in [-0.2, 0) is 14.7 Å². The molecule has 0 amide bonds. The highest BCUT2D eigenvalue weighted by Crippen LogP contribution is 2.41. The van der Waals surface area contributed by atoms with Crippen molar-refractivity contribution in [2.75, 3.05) is 4.43 Å². The van der Waals surface area contributed by atoms with Gasteiger partial charge < -0.3 is 4.74 Å². The Morgan fingerprint density at radius 1 is 1.44 bits per heavy atom. The molecule has 1 radical (unpaired) electrons. The van der Waals surface area contributed by atoms with E-state index in [1.807, 2.05) is 34.6 Å². The normalized spacial score (nSPS) is 28.1. The largest absolute Gasteiger partial charge is 0.460 e. The van der Waals surface area contributed by atoms with Crippen molar-refractivity contribution >= 4 is 28.6 Å². The fourth-order valence-corrected chi connectivity index (χ4v) is 3.44. The Morgan fingerprint density at radius 2 is 2.00 bits per heavy atom. The van der Waals surface area contributed by atoms with E-state index in [-0.39, 0.29) is 18.0 Å². The summed E-state index contributed by atoms with van der Waals surface area (Å²) in [7, 11) is 0. The molecule has 1 fully saturated rings. The van der Waals surface area contributed by atoms with E-state index in [2.05, 4.69) is 22.6 Å². The molecule has 0 aromatic carbocycles. The van der Waals surface area contributed by atoms with Gasteiger partial charge in [0.1, 0.15) is 6.10 Å². The van der Waals surface area contributed by atoms with Crippen LogP contribution in [0.5, 0.6) is 0 Å². The summed E-state index contributed by atoms with van der Waals surface area (Å²) in [6, 6.07) is 0. The molecule has 0 saturated carbocycles. The van der Waals surface area contributed by atoms with Crippen molar-refractivity contribution < 1.29 is 14.7 Å². The van der Waals surface area contributed by atoms with E-state index in [9.17, 15) is 10.0 Å². The van der Waals surface area contributed by atoms with Gasteiger partial charge in [0.15, 0.2) is 0 Å². The summed E-state index contributed by atoms with van der Waals surface area (Å²) >= 11 is 2.20. The quantitative estimate of drug-likeness (QED) is 0.436. The lowest BCUT2D eigenvalue weighted by Gasteiger charge is -2.33. The van der Waals surface area contributed by atoms with E-state index in [0.29, 0.717) is 6.42 Å². The maximum Gasteiger partial charge on any atom is 0.310 e. The summed E-state index contributed by atoms with van der Waals surface area (Å²) in [5, 5.41) is 13.2. The first-order valence-electron chi connectivity index (χ1n) is 6.40. The van der Waals surface area contributed by atoms with Gasteiger partial charge >= 0.3 is 5.97 Å². The number of hydroxylamine groups is 2. The van der Waals surface area contributed by atoms with E-state index in [0.717, 1.165) is 15.9 Å². The van der Waals surface area contributed by atoms with Gasteiger partial charge in [0.05, 0.1) is 11.5 Å². The fourth-order valence-electron chi connectivity index (χ4n) is 2.46. The molecule has 1 rings (SSSR count). The molecule has 18 heavy (non-hydrogen) atoms. The molecule has 105 valence electrons. The molecule has 0 spiro atoms. The van der Waals surface area contributed by atoms with Crippen LogP contribution in [0, 0.1) is 5.92 Å². The minimum absolute atomic E-state index is 0.0646. The monoisotopic (exact) mass is 368 g/mol. The number of ether oxygens (including phenoxy) is 1. The number of nitrogens with zero attached hydrogens (tertiary/aromatic N) is 1. The van der Waals surface area contributed by atoms with Crippen molar-refractivity contribution in [3.63, 3.8) is 0 Å². The lowest BCUT2D eigenvalue weighted by atomic mass is 9.97. The van der Waals surface area contributed by atoms with E-state index >= 15 is 0 Å². The van der Waals surface area contributed by atoms with Gasteiger partial charge in [0.2, 0.25) is 0 Å². The molecule has 1 aliphatic heterocycles. The van der Waals surface area contributed by atoms with Crippen LogP contribution >= 0.6 is 22.6 Å². The number of rotatable bonds is 4. The van der Waals surface area contributed by atoms with Gasteiger partial charge in [0.25, 0.3) is 0 Å². The predicted octanol–water partition coefficient (Wildman–Crippen LogP) is 2.97. The zero-order valence-corrected chi connectivity index (χ0v) is 14.0. The number of alkyl halides is 1. The summed E-state index contributed by atoms with van der Waals surface area (Å²) < 4.78 is 6.35. The van der Waals surface area contributed by atoms with Crippen LogP contribution < -0.4 is 0 Å². The molecule has 4 nitrogen and oxygen atoms in total. The number of carbonyl (C=O) groups is 1. The van der Waals surface area contributed by atoms with Crippen LogP contribution in [-0.4, -0.2) is 32.6 Å². The summed E-state index contributed by atoms with van der Waals surface area (Å²) in [4.78, 5) is 12.0. The van der Waals surface area contributed by atoms with Gasteiger partial charge in [0, 0.05) is 16.4 Å². The second-order valence-corrected chi connectivity index (χ2v) is 7.03. The highest BCUT2D eigenvalue weighted by atomic mass is 127. The number of esters is 1. The molecule has 1 saturated heterocycles. The molecule has 0 aromatic heterocycles. The minimum Gasteiger partial charge on any atom is -0.460 e. The van der Waals surface area contributed by atoms with Crippen molar-refractivity contribution in [1.82, 2.24) is 5.06 Å². The van der Waals surface area contributed by atoms with Gasteiger partial charge in [-0.15, -0.1) is 10.3 Å². The van der Waals surface area contributed by atoms with Crippen molar-refractivity contribution in [2.24, 2.45) is 5.92 Å². The molecule has 2 unspecified atom stereocenters. The minimum atomic E-state index is -0.650. The van der Waals surface area contributed by atoms with Gasteiger partial charge in [-0.25, -0.2) is 0 Å². The van der Waals surface area contributed by atoms with Crippen molar-refractivity contribution in [3.05, 3.63) is 0 Å². The average molecular weight is 368 g/mol. The van der Waals surface area contributed by atoms with Crippen LogP contribution in [0.2, 0.25) is 0 Å². The molecule has 1 heterocycles. The van der Waals surface area contributed by atoms with Gasteiger partial charge in [-0.05, 0) is 34.1 Å². The zero-order valence-electron chi connectivity index (χ0n) is 11.8. The Labute approximate surface area is 123 Å². The molecule has 0 aliphatic carbocycles. The summed E-state index contributed by atoms with van der Waals surface area (Å²) in [5.74, 6) is -0.235. The summed E-state index contributed by atoms with van der Waals surface area (Å²) in [6.45, 7) is 9.46. The van der Waals surface area contributed by atoms with Crippen LogP contribution in [0.4, 0.5) is 0 Å². The molecule has 0 aromatic rings. The smallest absolute Gasteiger partial charge is 0.310 e. The molecule has 2 atom stereocenters. The molecule has 0 bridgehead atoms. The highest BCUT2D eigenvalue weighted by molar-refractivity contribution is 14.1. The van der Waals surface area contributed by atoms with Crippen LogP contribution in [0.25, 0.3) is 0 Å². The molecule has 5 heteroatoms. The van der Waals surface area contributed by atoms with Gasteiger partial charge in [-0.3, -0.25) is 4.79 Å². The Morgan fingerprint density at radius 3 is 2.33 bits per heavy atom. The van der Waals surface area contributed by atoms with E-state index < -0.39 is 11.1 Å². The Kier molecular flexibility index (Phi) is 5.06. The Hall–Kier alpha value is 0.120. The Balaban J connectivity index is 2.77. The van der Waals surface area contributed by atoms with Crippen LogP contribution in [0.1, 0.15) is 47.5 Å². The highest BCUT2D eigenvalue weighted by Gasteiger charge is 2.54. The van der Waals surface area contributed by atoms with E-state index in [1.165, 1.54) is 0 Å². The summed E-state index contributed by atoms with van der Waals surface area (Å²) in [5.41, 5.74) is -1.12. The SMILES string of the molecule is CCC(CI)C(=O)OC1CC(C)(C)N([O])C1(C)C. The fraction of sp³-hybridized carbons (Fsp3) is 0.923. The molecule has 1 aliphatic rings. The van der Waals surface area contributed by atoms with Crippen LogP contribution in [0.15, 0.2) is 0 Å². The summed E-state index contributed by atoms with van der Waals surface area (Å²) in [6.07, 6.45) is 1.04. The molecular weight excluding hydrogens is 345 g/mol. The lowest BCUT2D eigenvalue weighted by molar-refractivity contribution is -0.252. The third-order valence-corrected chi connectivity index (χ3v) is 4.88. The van der Waals surface area contributed by atoms with E-state index in [4.69, 9.17) is 4.74 Å². The third kappa shape index (κ3) is 2.99. The second-order valence-electron chi connectivity index (χ2n) is 6.15. The second kappa shape index (κ2) is 5.63. The van der Waals surface area contributed by atoms with Crippen molar-refractivity contribution in [3.8, 4) is 0 Å². The first kappa shape index (κ1) is 16.2. The number of hydrogen-bond acceptors (Lipinski definition) is 3. The zero-order chi connectivity index (χ0) is 14.1. The lowest BCUT2D eigenvalue weighted by Crippen LogP contribution is -2.48. The first-order valence-corrected chi connectivity index (χ1v) is 7.93. The topological polar surface area (TPSA) is 49.4 Å². The third-order valence-electron chi connectivity index (χ3n) is 3.82. The number of carbonyl (C=O) groups excluding carboxylic acids is 1. The Bertz CT molecular complexity index is 313. The van der Waals surface area contributed by atoms with E-state index in [1.54, 1.807) is 0 Å². The molecule has 0 N–H and O–H groups in total. The number of halogens is 1. The number of hydrogen-bond donors (Lipinski definition) is 0.